The van der Waals surface area contributed by atoms with Crippen molar-refractivity contribution in [2.24, 2.45) is 10.7 Å². The average Bonchev–Trinajstić information content (AvgIpc) is 3.12. The number of ether oxygens (including phenoxy) is 1. The van der Waals surface area contributed by atoms with Gasteiger partial charge in [-0.1, -0.05) is 68.2 Å². The van der Waals surface area contributed by atoms with Gasteiger partial charge in [0.15, 0.2) is 0 Å². The molecule has 1 aromatic heterocycles. The van der Waals surface area contributed by atoms with Crippen LogP contribution < -0.4 is 10.5 Å². The van der Waals surface area contributed by atoms with Gasteiger partial charge in [-0.3, -0.25) is 24.6 Å². The SMILES string of the molecule is CCOc1cc(C(C)(C)C)ncc1C1=N[C@@](C)(c2ccc(Cl)cc2)[C@@](C)(c2ccc(Cl)cc2)N1C(=O)N1CCCN(CC(N)=O)CC1. The van der Waals surface area contributed by atoms with E-state index < -0.39 is 11.1 Å². The molecule has 0 bridgehead atoms. The summed E-state index contributed by atoms with van der Waals surface area (Å²) in [4.78, 5) is 42.8. The van der Waals surface area contributed by atoms with Gasteiger partial charge >= 0.3 is 6.03 Å². The molecule has 0 spiro atoms. The third-order valence-electron chi connectivity index (χ3n) is 9.35. The van der Waals surface area contributed by atoms with Gasteiger partial charge < -0.3 is 15.4 Å². The largest absolute Gasteiger partial charge is 0.493 e. The number of amidine groups is 1. The first-order valence-corrected chi connectivity index (χ1v) is 16.8. The van der Waals surface area contributed by atoms with Crippen molar-refractivity contribution in [3.63, 3.8) is 0 Å². The molecule has 250 valence electrons. The Hall–Kier alpha value is -3.66. The van der Waals surface area contributed by atoms with Gasteiger partial charge in [0.05, 0.1) is 18.7 Å². The minimum atomic E-state index is -1.04. The number of aliphatic imine (C=N–C) groups is 1. The predicted molar refractivity (Wildman–Crippen MR) is 187 cm³/mol. The molecule has 9 nitrogen and oxygen atoms in total. The number of carbonyl (C=O) groups is 2. The van der Waals surface area contributed by atoms with Crippen LogP contribution in [0.15, 0.2) is 65.8 Å². The molecule has 5 rings (SSSR count). The number of urea groups is 1. The molecular weight excluding hydrogens is 635 g/mol. The zero-order chi connectivity index (χ0) is 34.1. The van der Waals surface area contributed by atoms with Crippen LogP contribution in [0.4, 0.5) is 4.79 Å². The molecule has 1 fully saturated rings. The van der Waals surface area contributed by atoms with Crippen LogP contribution in [0.5, 0.6) is 5.75 Å². The van der Waals surface area contributed by atoms with Gasteiger partial charge in [-0.25, -0.2) is 4.79 Å². The standard InChI is InChI=1S/C36H44Cl2N6O3/c1-7-47-29-21-30(34(2,3)4)40-22-28(29)32-41-35(5,24-9-13-26(37)14-10-24)36(6,25-11-15-27(38)16-12-25)44(32)33(46)43-18-8-17-42(19-20-43)23-31(39)45/h9-16,21-22H,7-8,17-20,23H2,1-6H3,(H2,39,45)/t35-,36+/m0/s1. The number of pyridine rings is 1. The van der Waals surface area contributed by atoms with Crippen LogP contribution in [0.25, 0.3) is 0 Å². The highest BCUT2D eigenvalue weighted by molar-refractivity contribution is 6.30. The highest BCUT2D eigenvalue weighted by Crippen LogP contribution is 2.54. The molecule has 2 aliphatic rings. The van der Waals surface area contributed by atoms with Crippen LogP contribution in [-0.4, -0.2) is 76.8 Å². The number of nitrogens with zero attached hydrogens (tertiary/aromatic N) is 5. The normalized spacial score (nSPS) is 22.2. The third kappa shape index (κ3) is 6.71. The Morgan fingerprint density at radius 3 is 2.13 bits per heavy atom. The molecule has 0 unspecified atom stereocenters. The van der Waals surface area contributed by atoms with E-state index in [0.717, 1.165) is 16.8 Å². The quantitative estimate of drug-likeness (QED) is 0.304. The molecule has 3 aromatic rings. The predicted octanol–water partition coefficient (Wildman–Crippen LogP) is 6.59. The summed E-state index contributed by atoms with van der Waals surface area (Å²) < 4.78 is 6.25. The van der Waals surface area contributed by atoms with Gasteiger partial charge in [0, 0.05) is 59.6 Å². The third-order valence-corrected chi connectivity index (χ3v) is 9.86. The summed E-state index contributed by atoms with van der Waals surface area (Å²) in [6.45, 7) is 15.0. The van der Waals surface area contributed by atoms with Crippen LogP contribution in [0.3, 0.4) is 0 Å². The molecule has 2 N–H and O–H groups in total. The maximum absolute atomic E-state index is 15.1. The molecule has 3 heterocycles. The summed E-state index contributed by atoms with van der Waals surface area (Å²) in [7, 11) is 0. The number of aromatic nitrogens is 1. The van der Waals surface area contributed by atoms with E-state index in [4.69, 9.17) is 43.6 Å². The fourth-order valence-corrected chi connectivity index (χ4v) is 6.79. The minimum absolute atomic E-state index is 0.152. The molecule has 0 radical (unpaired) electrons. The summed E-state index contributed by atoms with van der Waals surface area (Å²) >= 11 is 12.8. The van der Waals surface area contributed by atoms with E-state index in [9.17, 15) is 4.79 Å². The minimum Gasteiger partial charge on any atom is -0.493 e. The van der Waals surface area contributed by atoms with Crippen LogP contribution >= 0.6 is 23.2 Å². The van der Waals surface area contributed by atoms with Crippen molar-refractivity contribution in [1.29, 1.82) is 0 Å². The fraction of sp³-hybridized carbons (Fsp3) is 0.444. The Labute approximate surface area is 287 Å². The van der Waals surface area contributed by atoms with Crippen molar-refractivity contribution in [1.82, 2.24) is 19.7 Å². The topological polar surface area (TPSA) is 104 Å². The van der Waals surface area contributed by atoms with Gasteiger partial charge in [-0.05, 0) is 62.6 Å². The Morgan fingerprint density at radius 2 is 1.55 bits per heavy atom. The Bertz CT molecular complexity index is 1660. The molecule has 2 aromatic carbocycles. The molecule has 2 atom stereocenters. The van der Waals surface area contributed by atoms with E-state index in [0.29, 0.717) is 66.4 Å². The van der Waals surface area contributed by atoms with Crippen molar-refractivity contribution >= 4 is 41.0 Å². The van der Waals surface area contributed by atoms with Crippen LogP contribution in [-0.2, 0) is 21.3 Å². The first-order chi connectivity index (χ1) is 22.2. The summed E-state index contributed by atoms with van der Waals surface area (Å²) in [5.74, 6) is 0.674. The maximum Gasteiger partial charge on any atom is 0.326 e. The van der Waals surface area contributed by atoms with Crippen LogP contribution in [0.2, 0.25) is 10.0 Å². The molecule has 3 amide bonds. The zero-order valence-electron chi connectivity index (χ0n) is 28.0. The lowest BCUT2D eigenvalue weighted by atomic mass is 9.71. The Balaban J connectivity index is 1.74. The smallest absolute Gasteiger partial charge is 0.326 e. The lowest BCUT2D eigenvalue weighted by Crippen LogP contribution is -2.58. The number of amides is 3. The van der Waals surface area contributed by atoms with E-state index in [-0.39, 0.29) is 23.9 Å². The Kier molecular flexibility index (Phi) is 9.92. The van der Waals surface area contributed by atoms with Crippen molar-refractivity contribution in [3.8, 4) is 5.75 Å². The number of nitrogens with two attached hydrogens (primary N) is 1. The van der Waals surface area contributed by atoms with Gasteiger partial charge in [0.2, 0.25) is 5.91 Å². The van der Waals surface area contributed by atoms with Crippen molar-refractivity contribution in [2.45, 2.75) is 64.5 Å². The molecule has 11 heteroatoms. The number of hydrogen-bond donors (Lipinski definition) is 1. The van der Waals surface area contributed by atoms with E-state index in [1.54, 1.807) is 6.20 Å². The summed E-state index contributed by atoms with van der Waals surface area (Å²) in [6, 6.07) is 16.9. The highest BCUT2D eigenvalue weighted by atomic mass is 35.5. The second kappa shape index (κ2) is 13.5. The number of halogens is 2. The van der Waals surface area contributed by atoms with E-state index in [1.165, 1.54) is 0 Å². The molecule has 1 saturated heterocycles. The number of benzene rings is 2. The second-order valence-electron chi connectivity index (χ2n) is 13.5. The fourth-order valence-electron chi connectivity index (χ4n) is 6.54. The number of primary amides is 1. The van der Waals surface area contributed by atoms with Crippen molar-refractivity contribution in [3.05, 3.63) is 93.2 Å². The first-order valence-electron chi connectivity index (χ1n) is 16.0. The summed E-state index contributed by atoms with van der Waals surface area (Å²) in [5.41, 5.74) is 6.49. The first kappa shape index (κ1) is 34.7. The zero-order valence-corrected chi connectivity index (χ0v) is 29.5. The number of hydrogen-bond acceptors (Lipinski definition) is 6. The van der Waals surface area contributed by atoms with Crippen molar-refractivity contribution in [2.75, 3.05) is 39.3 Å². The molecule has 0 aliphatic carbocycles. The Morgan fingerprint density at radius 1 is 0.936 bits per heavy atom. The van der Waals surface area contributed by atoms with Crippen LogP contribution in [0, 0.1) is 0 Å². The average molecular weight is 680 g/mol. The van der Waals surface area contributed by atoms with Gasteiger partial charge in [0.25, 0.3) is 0 Å². The number of rotatable bonds is 7. The molecular formula is C36H44Cl2N6O3. The monoisotopic (exact) mass is 678 g/mol. The van der Waals surface area contributed by atoms with E-state index >= 15 is 4.79 Å². The lowest BCUT2D eigenvalue weighted by molar-refractivity contribution is -0.119. The molecule has 0 saturated carbocycles. The molecule has 47 heavy (non-hydrogen) atoms. The van der Waals surface area contributed by atoms with E-state index in [1.807, 2.05) is 90.1 Å². The van der Waals surface area contributed by atoms with Crippen LogP contribution in [0.1, 0.15) is 70.3 Å². The summed E-state index contributed by atoms with van der Waals surface area (Å²) in [5, 5.41) is 1.19. The highest BCUT2D eigenvalue weighted by Gasteiger charge is 2.60. The lowest BCUT2D eigenvalue weighted by Gasteiger charge is -2.46. The van der Waals surface area contributed by atoms with Crippen molar-refractivity contribution < 1.29 is 14.3 Å². The van der Waals surface area contributed by atoms with Gasteiger partial charge in [-0.15, -0.1) is 0 Å². The number of carbonyl (C=O) groups excluding carboxylic acids is 2. The van der Waals surface area contributed by atoms with Gasteiger partial charge in [0.1, 0.15) is 22.7 Å². The van der Waals surface area contributed by atoms with E-state index in [2.05, 4.69) is 20.8 Å². The molecule has 2 aliphatic heterocycles. The summed E-state index contributed by atoms with van der Waals surface area (Å²) in [6.07, 6.45) is 2.47. The maximum atomic E-state index is 15.1. The second-order valence-corrected chi connectivity index (χ2v) is 14.4. The van der Waals surface area contributed by atoms with Gasteiger partial charge in [-0.2, -0.15) is 0 Å².